The maximum absolute atomic E-state index is 5.05. The van der Waals surface area contributed by atoms with Crippen molar-refractivity contribution >= 4 is 5.69 Å². The molecule has 0 aliphatic carbocycles. The normalized spacial score (nSPS) is 9.58. The van der Waals surface area contributed by atoms with Crippen LogP contribution >= 0.6 is 0 Å². The Morgan fingerprint density at radius 2 is 2.25 bits per heavy atom. The largest absolute Gasteiger partial charge is 0.481 e. The van der Waals surface area contributed by atoms with Crippen molar-refractivity contribution in [1.29, 1.82) is 0 Å². The number of methoxy groups -OCH3 is 1. The summed E-state index contributed by atoms with van der Waals surface area (Å²) in [5, 5.41) is 3.06. The van der Waals surface area contributed by atoms with E-state index in [-0.39, 0.29) is 0 Å². The summed E-state index contributed by atoms with van der Waals surface area (Å²) in [7, 11) is 3.51. The number of hydrogen-bond donors (Lipinski definition) is 1. The predicted octanol–water partition coefficient (Wildman–Crippen LogP) is 1.69. The van der Waals surface area contributed by atoms with Gasteiger partial charge in [-0.3, -0.25) is 0 Å². The maximum atomic E-state index is 5.05. The van der Waals surface area contributed by atoms with Gasteiger partial charge in [0.1, 0.15) is 0 Å². The zero-order chi connectivity index (χ0) is 8.97. The lowest BCUT2D eigenvalue weighted by Gasteiger charge is -2.05. The number of hydrogen-bond acceptors (Lipinski definition) is 3. The minimum atomic E-state index is 0.665. The van der Waals surface area contributed by atoms with E-state index in [1.165, 1.54) is 0 Å². The zero-order valence-corrected chi connectivity index (χ0v) is 7.72. The molecule has 3 nitrogen and oxygen atoms in total. The first kappa shape index (κ1) is 8.84. The third-order valence-electron chi connectivity index (χ3n) is 1.71. The minimum Gasteiger partial charge on any atom is -0.481 e. The van der Waals surface area contributed by atoms with Crippen LogP contribution in [0.1, 0.15) is 12.6 Å². The van der Waals surface area contributed by atoms with Crippen molar-refractivity contribution in [1.82, 2.24) is 4.98 Å². The predicted molar refractivity (Wildman–Crippen MR) is 49.7 cm³/mol. The number of pyridine rings is 1. The van der Waals surface area contributed by atoms with E-state index in [4.69, 9.17) is 4.74 Å². The van der Waals surface area contributed by atoms with E-state index < -0.39 is 0 Å². The summed E-state index contributed by atoms with van der Waals surface area (Å²) in [4.78, 5) is 4.26. The van der Waals surface area contributed by atoms with Crippen molar-refractivity contribution in [2.75, 3.05) is 19.5 Å². The first-order valence-electron chi connectivity index (χ1n) is 4.02. The Labute approximate surface area is 72.8 Å². The Hall–Kier alpha value is -1.25. The molecule has 0 atom stereocenters. The summed E-state index contributed by atoms with van der Waals surface area (Å²) < 4.78 is 5.05. The molecule has 0 bridgehead atoms. The first-order chi connectivity index (χ1) is 5.80. The SMILES string of the molecule is CCc1cc(NC)cc(OC)n1. The summed E-state index contributed by atoms with van der Waals surface area (Å²) in [5.41, 5.74) is 2.08. The van der Waals surface area contributed by atoms with Gasteiger partial charge in [-0.15, -0.1) is 0 Å². The van der Waals surface area contributed by atoms with Gasteiger partial charge in [-0.25, -0.2) is 4.98 Å². The Kier molecular flexibility index (Phi) is 2.91. The van der Waals surface area contributed by atoms with Gasteiger partial charge in [0.15, 0.2) is 0 Å². The number of anilines is 1. The molecule has 0 aromatic carbocycles. The van der Waals surface area contributed by atoms with E-state index in [2.05, 4.69) is 17.2 Å². The molecule has 0 amide bonds. The van der Waals surface area contributed by atoms with Crippen molar-refractivity contribution in [3.63, 3.8) is 0 Å². The van der Waals surface area contributed by atoms with Gasteiger partial charge in [0, 0.05) is 24.5 Å². The van der Waals surface area contributed by atoms with Crippen LogP contribution < -0.4 is 10.1 Å². The van der Waals surface area contributed by atoms with Gasteiger partial charge in [0.25, 0.3) is 0 Å². The Bertz CT molecular complexity index is 205. The maximum Gasteiger partial charge on any atom is 0.215 e. The summed E-state index contributed by atoms with van der Waals surface area (Å²) in [6.07, 6.45) is 0.922. The van der Waals surface area contributed by atoms with Crippen LogP contribution in [-0.4, -0.2) is 19.1 Å². The van der Waals surface area contributed by atoms with E-state index in [0.717, 1.165) is 17.8 Å². The first-order valence-corrected chi connectivity index (χ1v) is 4.02. The standard InChI is InChI=1S/C9H14N2O/c1-4-7-5-8(10-2)6-9(11-7)12-3/h5-6H,4H2,1-3H3,(H,10,11). The van der Waals surface area contributed by atoms with Crippen LogP contribution in [0.25, 0.3) is 0 Å². The van der Waals surface area contributed by atoms with Crippen molar-refractivity contribution in [3.8, 4) is 5.88 Å². The number of rotatable bonds is 3. The highest BCUT2D eigenvalue weighted by atomic mass is 16.5. The molecule has 0 fully saturated rings. The highest BCUT2D eigenvalue weighted by molar-refractivity contribution is 5.46. The highest BCUT2D eigenvalue weighted by Gasteiger charge is 1.99. The number of nitrogens with one attached hydrogen (secondary N) is 1. The third kappa shape index (κ3) is 1.87. The topological polar surface area (TPSA) is 34.1 Å². The van der Waals surface area contributed by atoms with Crippen LogP contribution in [-0.2, 0) is 6.42 Å². The minimum absolute atomic E-state index is 0.665. The summed E-state index contributed by atoms with van der Waals surface area (Å²) in [6, 6.07) is 3.89. The fourth-order valence-corrected chi connectivity index (χ4v) is 0.990. The molecular weight excluding hydrogens is 152 g/mol. The molecule has 0 saturated heterocycles. The van der Waals surface area contributed by atoms with Gasteiger partial charge in [0.05, 0.1) is 7.11 Å². The van der Waals surface area contributed by atoms with Crippen LogP contribution in [0, 0.1) is 0 Å². The molecule has 0 aliphatic rings. The molecule has 66 valence electrons. The summed E-state index contributed by atoms with van der Waals surface area (Å²) >= 11 is 0. The second-order valence-electron chi connectivity index (χ2n) is 2.49. The fourth-order valence-electron chi connectivity index (χ4n) is 0.990. The molecule has 0 saturated carbocycles. The van der Waals surface area contributed by atoms with E-state index in [1.54, 1.807) is 7.11 Å². The summed E-state index contributed by atoms with van der Waals surface area (Å²) in [6.45, 7) is 2.07. The van der Waals surface area contributed by atoms with Crippen LogP contribution in [0.15, 0.2) is 12.1 Å². The van der Waals surface area contributed by atoms with Gasteiger partial charge >= 0.3 is 0 Å². The lowest BCUT2D eigenvalue weighted by atomic mass is 10.2. The van der Waals surface area contributed by atoms with Gasteiger partial charge in [-0.1, -0.05) is 6.92 Å². The van der Waals surface area contributed by atoms with Crippen molar-refractivity contribution < 1.29 is 4.74 Å². The Morgan fingerprint density at radius 3 is 2.75 bits per heavy atom. The molecule has 0 unspecified atom stereocenters. The molecule has 12 heavy (non-hydrogen) atoms. The molecular formula is C9H14N2O. The average Bonchev–Trinajstić information content (AvgIpc) is 2.16. The molecule has 0 aliphatic heterocycles. The van der Waals surface area contributed by atoms with Gasteiger partial charge in [-0.2, -0.15) is 0 Å². The molecule has 0 spiro atoms. The number of nitrogens with zero attached hydrogens (tertiary/aromatic N) is 1. The lowest BCUT2D eigenvalue weighted by Crippen LogP contribution is -1.96. The Morgan fingerprint density at radius 1 is 1.50 bits per heavy atom. The van der Waals surface area contributed by atoms with Crippen molar-refractivity contribution in [3.05, 3.63) is 17.8 Å². The zero-order valence-electron chi connectivity index (χ0n) is 7.72. The van der Waals surface area contributed by atoms with Gasteiger partial charge < -0.3 is 10.1 Å². The van der Waals surface area contributed by atoms with E-state index in [0.29, 0.717) is 5.88 Å². The molecule has 1 aromatic rings. The van der Waals surface area contributed by atoms with Crippen molar-refractivity contribution in [2.24, 2.45) is 0 Å². The van der Waals surface area contributed by atoms with Gasteiger partial charge in [0.2, 0.25) is 5.88 Å². The van der Waals surface area contributed by atoms with Crippen molar-refractivity contribution in [2.45, 2.75) is 13.3 Å². The van der Waals surface area contributed by atoms with E-state index in [1.807, 2.05) is 19.2 Å². The lowest BCUT2D eigenvalue weighted by molar-refractivity contribution is 0.396. The molecule has 3 heteroatoms. The molecule has 1 aromatic heterocycles. The Balaban J connectivity index is 3.01. The number of aryl methyl sites for hydroxylation is 1. The quantitative estimate of drug-likeness (QED) is 0.742. The monoisotopic (exact) mass is 166 g/mol. The van der Waals surface area contributed by atoms with E-state index in [9.17, 15) is 0 Å². The molecule has 1 N–H and O–H groups in total. The third-order valence-corrected chi connectivity index (χ3v) is 1.71. The second kappa shape index (κ2) is 3.95. The van der Waals surface area contributed by atoms with Crippen LogP contribution in [0.4, 0.5) is 5.69 Å². The molecule has 1 rings (SSSR count). The number of aromatic nitrogens is 1. The van der Waals surface area contributed by atoms with Crippen LogP contribution in [0.2, 0.25) is 0 Å². The second-order valence-corrected chi connectivity index (χ2v) is 2.49. The fraction of sp³-hybridized carbons (Fsp3) is 0.444. The average molecular weight is 166 g/mol. The molecule has 0 radical (unpaired) electrons. The summed E-state index contributed by atoms with van der Waals surface area (Å²) in [5.74, 6) is 0.665. The van der Waals surface area contributed by atoms with E-state index >= 15 is 0 Å². The van der Waals surface area contributed by atoms with Gasteiger partial charge in [-0.05, 0) is 12.5 Å². The number of ether oxygens (including phenoxy) is 1. The smallest absolute Gasteiger partial charge is 0.215 e. The van der Waals surface area contributed by atoms with Crippen LogP contribution in [0.3, 0.4) is 0 Å². The van der Waals surface area contributed by atoms with Crippen LogP contribution in [0.5, 0.6) is 5.88 Å². The highest BCUT2D eigenvalue weighted by Crippen LogP contribution is 2.16. The molecule has 1 heterocycles.